The standard InChI is InChI=1S/C25H27N3.C17H20BN3O2.C8H9Br/c1-17-7-6-8-22(13-17)14-23-15-24(27-18(2)9-10-19(27)3)26-25(16-23)28-20(4)11-12-21(28)5;1-11-5-6-12(2)20(11)16-9-15(18(22)23)10-17(19-16)21-13(3)7-8-14(21)4;1-7-3-2-4-8(5-7)6-9/h6-13,15-16H,14H2,1-5H3;5-10,22-23H,1-4H3;2-5H,6H2,1H3. The number of pyridine rings is 2. The topological polar surface area (TPSA) is 86.0 Å². The van der Waals surface area contributed by atoms with Gasteiger partial charge in [-0.25, -0.2) is 9.97 Å². The predicted octanol–water partition coefficient (Wildman–Crippen LogP) is 10.3. The van der Waals surface area contributed by atoms with Crippen molar-refractivity contribution in [1.82, 2.24) is 28.2 Å². The van der Waals surface area contributed by atoms with Crippen LogP contribution in [0, 0.1) is 69.2 Å². The number of nitrogens with zero attached hydrogens (tertiary/aromatic N) is 6. The number of hydrogen-bond donors (Lipinski definition) is 2. The molecule has 0 bridgehead atoms. The van der Waals surface area contributed by atoms with Crippen molar-refractivity contribution in [1.29, 1.82) is 0 Å². The van der Waals surface area contributed by atoms with Crippen LogP contribution in [0.2, 0.25) is 0 Å². The second kappa shape index (κ2) is 19.1. The fourth-order valence-electron chi connectivity index (χ4n) is 7.76. The second-order valence-corrected chi connectivity index (χ2v) is 16.3. The van der Waals surface area contributed by atoms with Crippen molar-refractivity contribution >= 4 is 28.5 Å². The van der Waals surface area contributed by atoms with Crippen molar-refractivity contribution in [2.24, 2.45) is 0 Å². The number of aryl methyl sites for hydroxylation is 10. The van der Waals surface area contributed by atoms with E-state index in [1.165, 1.54) is 50.6 Å². The summed E-state index contributed by atoms with van der Waals surface area (Å²) in [6.07, 6.45) is 0.892. The molecule has 0 aliphatic rings. The van der Waals surface area contributed by atoms with E-state index in [1.54, 1.807) is 12.1 Å². The molecule has 8 nitrogen and oxygen atoms in total. The molecule has 0 unspecified atom stereocenters. The Morgan fingerprint density at radius 3 is 1.03 bits per heavy atom. The first-order valence-corrected chi connectivity index (χ1v) is 21.4. The van der Waals surface area contributed by atoms with Crippen LogP contribution in [0.3, 0.4) is 0 Å². The van der Waals surface area contributed by atoms with Crippen LogP contribution in [-0.4, -0.2) is 45.4 Å². The highest BCUT2D eigenvalue weighted by atomic mass is 79.9. The summed E-state index contributed by atoms with van der Waals surface area (Å²) in [6.45, 7) is 20.8. The highest BCUT2D eigenvalue weighted by Gasteiger charge is 2.18. The molecule has 60 heavy (non-hydrogen) atoms. The van der Waals surface area contributed by atoms with Gasteiger partial charge in [-0.05, 0) is 171 Å². The molecule has 0 amide bonds. The highest BCUT2D eigenvalue weighted by Crippen LogP contribution is 2.24. The zero-order valence-electron chi connectivity index (χ0n) is 36.5. The SMILES string of the molecule is Cc1ccc(C)n1-c1cc(B(O)O)cc(-n2c(C)ccc2C)n1.Cc1cccc(CBr)c1.Cc1cccc(Cc2cc(-n3c(C)ccc3C)nc(-n3c(C)ccc3C)c2)c1. The van der Waals surface area contributed by atoms with E-state index in [0.29, 0.717) is 17.1 Å². The lowest BCUT2D eigenvalue weighted by Gasteiger charge is -2.16. The number of hydrogen-bond acceptors (Lipinski definition) is 4. The van der Waals surface area contributed by atoms with E-state index in [9.17, 15) is 10.0 Å². The molecular weight excluding hydrogens is 807 g/mol. The Morgan fingerprint density at radius 1 is 0.417 bits per heavy atom. The van der Waals surface area contributed by atoms with E-state index in [1.807, 2.05) is 61.1 Å². The van der Waals surface area contributed by atoms with Gasteiger partial charge in [0.25, 0.3) is 0 Å². The lowest BCUT2D eigenvalue weighted by Crippen LogP contribution is -2.31. The van der Waals surface area contributed by atoms with E-state index in [2.05, 4.69) is 152 Å². The molecule has 8 rings (SSSR count). The molecule has 0 saturated carbocycles. The molecule has 0 saturated heterocycles. The summed E-state index contributed by atoms with van der Waals surface area (Å²) in [7, 11) is -1.54. The van der Waals surface area contributed by atoms with Gasteiger partial charge in [0.2, 0.25) is 0 Å². The highest BCUT2D eigenvalue weighted by molar-refractivity contribution is 9.08. The summed E-state index contributed by atoms with van der Waals surface area (Å²) in [6, 6.07) is 41.7. The molecule has 308 valence electrons. The van der Waals surface area contributed by atoms with Gasteiger partial charge < -0.3 is 28.3 Å². The Balaban J connectivity index is 0.000000169. The average Bonchev–Trinajstić information content (AvgIpc) is 3.95. The van der Waals surface area contributed by atoms with Crippen molar-refractivity contribution in [2.75, 3.05) is 0 Å². The summed E-state index contributed by atoms with van der Waals surface area (Å²) >= 11 is 3.39. The Hall–Kier alpha value is -5.68. The van der Waals surface area contributed by atoms with Gasteiger partial charge >= 0.3 is 7.12 Å². The van der Waals surface area contributed by atoms with Crippen LogP contribution in [-0.2, 0) is 11.8 Å². The first-order chi connectivity index (χ1) is 28.6. The molecule has 6 aromatic heterocycles. The maximum absolute atomic E-state index is 9.65. The minimum absolute atomic E-state index is 0.421. The Kier molecular flexibility index (Phi) is 14.0. The van der Waals surface area contributed by atoms with Gasteiger partial charge in [0, 0.05) is 50.9 Å². The van der Waals surface area contributed by atoms with Gasteiger partial charge in [0.15, 0.2) is 0 Å². The Morgan fingerprint density at radius 2 is 0.733 bits per heavy atom. The first kappa shape index (κ1) is 43.9. The average molecular weight is 864 g/mol. The van der Waals surface area contributed by atoms with Crippen molar-refractivity contribution < 1.29 is 10.0 Å². The predicted molar refractivity (Wildman–Crippen MR) is 251 cm³/mol. The van der Waals surface area contributed by atoms with E-state index >= 15 is 0 Å². The number of rotatable bonds is 8. The van der Waals surface area contributed by atoms with Gasteiger partial charge in [-0.1, -0.05) is 75.6 Å². The second-order valence-electron chi connectivity index (χ2n) is 15.8. The molecule has 0 radical (unpaired) electrons. The first-order valence-electron chi connectivity index (χ1n) is 20.3. The zero-order valence-corrected chi connectivity index (χ0v) is 38.1. The minimum atomic E-state index is -1.54. The van der Waals surface area contributed by atoms with Crippen LogP contribution in [0.4, 0.5) is 0 Å². The summed E-state index contributed by atoms with van der Waals surface area (Å²) < 4.78 is 8.47. The van der Waals surface area contributed by atoms with Crippen molar-refractivity contribution in [3.8, 4) is 23.3 Å². The maximum Gasteiger partial charge on any atom is 0.488 e. The monoisotopic (exact) mass is 862 g/mol. The molecular formula is C50H56BBrN6O2. The fraction of sp³-hybridized carbons (Fsp3) is 0.240. The fourth-order valence-corrected chi connectivity index (χ4v) is 8.11. The number of alkyl halides is 1. The van der Waals surface area contributed by atoms with Gasteiger partial charge in [-0.15, -0.1) is 0 Å². The van der Waals surface area contributed by atoms with E-state index in [-0.39, 0.29) is 0 Å². The maximum atomic E-state index is 9.65. The molecule has 8 aromatic rings. The lowest BCUT2D eigenvalue weighted by atomic mass is 9.81. The van der Waals surface area contributed by atoms with Gasteiger partial charge in [-0.3, -0.25) is 0 Å². The molecule has 0 atom stereocenters. The van der Waals surface area contributed by atoms with Crippen molar-refractivity contribution in [2.45, 2.75) is 81.0 Å². The van der Waals surface area contributed by atoms with Crippen LogP contribution in [0.25, 0.3) is 23.3 Å². The zero-order chi connectivity index (χ0) is 43.2. The van der Waals surface area contributed by atoms with Gasteiger partial charge in [0.05, 0.1) is 0 Å². The molecule has 0 fully saturated rings. The van der Waals surface area contributed by atoms with E-state index in [0.717, 1.165) is 46.2 Å². The van der Waals surface area contributed by atoms with E-state index < -0.39 is 7.12 Å². The molecule has 2 aromatic carbocycles. The molecule has 6 heterocycles. The molecule has 0 aliphatic heterocycles. The van der Waals surface area contributed by atoms with Crippen LogP contribution in [0.15, 0.2) is 121 Å². The summed E-state index contributed by atoms with van der Waals surface area (Å²) in [4.78, 5) is 9.79. The molecule has 10 heteroatoms. The third kappa shape index (κ3) is 10.2. The molecule has 2 N–H and O–H groups in total. The summed E-state index contributed by atoms with van der Waals surface area (Å²) in [5.41, 5.74) is 16.0. The minimum Gasteiger partial charge on any atom is -0.423 e. The van der Waals surface area contributed by atoms with Crippen molar-refractivity contribution in [3.05, 3.63) is 195 Å². The molecule has 0 spiro atoms. The van der Waals surface area contributed by atoms with Crippen LogP contribution in [0.1, 0.15) is 73.4 Å². The van der Waals surface area contributed by atoms with Crippen LogP contribution >= 0.6 is 15.9 Å². The number of benzene rings is 2. The van der Waals surface area contributed by atoms with Gasteiger partial charge in [0.1, 0.15) is 23.3 Å². The normalized spacial score (nSPS) is 10.9. The Bertz CT molecular complexity index is 2530. The quantitative estimate of drug-likeness (QED) is 0.118. The third-order valence-electron chi connectivity index (χ3n) is 10.7. The number of halogens is 1. The van der Waals surface area contributed by atoms with Crippen LogP contribution in [0.5, 0.6) is 0 Å². The molecule has 0 aliphatic carbocycles. The van der Waals surface area contributed by atoms with E-state index in [4.69, 9.17) is 9.97 Å². The lowest BCUT2D eigenvalue weighted by molar-refractivity contribution is 0.425. The largest absolute Gasteiger partial charge is 0.488 e. The summed E-state index contributed by atoms with van der Waals surface area (Å²) in [5.74, 6) is 3.32. The van der Waals surface area contributed by atoms with Gasteiger partial charge in [-0.2, -0.15) is 0 Å². The van der Waals surface area contributed by atoms with Crippen LogP contribution < -0.4 is 5.46 Å². The third-order valence-corrected chi connectivity index (χ3v) is 11.4. The van der Waals surface area contributed by atoms with Crippen molar-refractivity contribution in [3.63, 3.8) is 0 Å². The smallest absolute Gasteiger partial charge is 0.423 e. The Labute approximate surface area is 364 Å². The number of aromatic nitrogens is 6. The summed E-state index contributed by atoms with van der Waals surface area (Å²) in [5, 5.41) is 20.3.